The number of aryl methyl sites for hydroxylation is 2. The highest BCUT2D eigenvalue weighted by Gasteiger charge is 2.38. The first-order valence-electron chi connectivity index (χ1n) is 9.37. The van der Waals surface area contributed by atoms with E-state index in [0.29, 0.717) is 19.6 Å². The molecule has 28 heavy (non-hydrogen) atoms. The number of fused-ring (bicyclic) bond motifs is 1. The molecule has 0 radical (unpaired) electrons. The summed E-state index contributed by atoms with van der Waals surface area (Å²) < 4.78 is 10.9. The molecule has 3 rings (SSSR count). The standard InChI is InChI=1S/C22H26N2O4/c1-14-12-15(2)21-19(13-14)20(23-16(3)25)22(26)24(21)10-5-11-28-18-8-6-17(27-4)7-9-18/h6-9,12-13,20H,5,10-11H2,1-4H3,(H,23,25)/t20-/m0/s1. The first kappa shape index (κ1) is 19.7. The Kier molecular flexibility index (Phi) is 5.87. The van der Waals surface area contributed by atoms with Crippen molar-refractivity contribution in [3.05, 3.63) is 53.1 Å². The van der Waals surface area contributed by atoms with Gasteiger partial charge in [0.05, 0.1) is 19.4 Å². The van der Waals surface area contributed by atoms with E-state index < -0.39 is 6.04 Å². The van der Waals surface area contributed by atoms with Crippen LogP contribution in [0.3, 0.4) is 0 Å². The van der Waals surface area contributed by atoms with Crippen LogP contribution in [0.4, 0.5) is 5.69 Å². The van der Waals surface area contributed by atoms with Gasteiger partial charge in [-0.3, -0.25) is 9.59 Å². The van der Waals surface area contributed by atoms with Gasteiger partial charge in [-0.25, -0.2) is 0 Å². The van der Waals surface area contributed by atoms with E-state index in [4.69, 9.17) is 9.47 Å². The lowest BCUT2D eigenvalue weighted by molar-refractivity contribution is -0.126. The summed E-state index contributed by atoms with van der Waals surface area (Å²) in [5, 5.41) is 2.79. The largest absolute Gasteiger partial charge is 0.497 e. The van der Waals surface area contributed by atoms with Gasteiger partial charge >= 0.3 is 0 Å². The maximum Gasteiger partial charge on any atom is 0.254 e. The van der Waals surface area contributed by atoms with Crippen LogP contribution < -0.4 is 19.7 Å². The smallest absolute Gasteiger partial charge is 0.254 e. The number of carbonyl (C=O) groups excluding carboxylic acids is 2. The Labute approximate surface area is 165 Å². The summed E-state index contributed by atoms with van der Waals surface area (Å²) in [6, 6.07) is 10.8. The molecule has 0 aromatic heterocycles. The summed E-state index contributed by atoms with van der Waals surface area (Å²) in [5.41, 5.74) is 3.88. The Balaban J connectivity index is 1.68. The van der Waals surface area contributed by atoms with Crippen molar-refractivity contribution in [2.24, 2.45) is 0 Å². The topological polar surface area (TPSA) is 67.9 Å². The molecule has 6 nitrogen and oxygen atoms in total. The Hall–Kier alpha value is -3.02. The van der Waals surface area contributed by atoms with E-state index >= 15 is 0 Å². The lowest BCUT2D eigenvalue weighted by Gasteiger charge is -2.20. The van der Waals surface area contributed by atoms with E-state index in [2.05, 4.69) is 11.4 Å². The van der Waals surface area contributed by atoms with Gasteiger partial charge in [0.15, 0.2) is 0 Å². The first-order chi connectivity index (χ1) is 13.4. The molecule has 2 aromatic carbocycles. The summed E-state index contributed by atoms with van der Waals surface area (Å²) >= 11 is 0. The van der Waals surface area contributed by atoms with E-state index in [1.807, 2.05) is 44.2 Å². The minimum absolute atomic E-state index is 0.0941. The number of carbonyl (C=O) groups is 2. The van der Waals surface area contributed by atoms with Crippen molar-refractivity contribution < 1.29 is 19.1 Å². The monoisotopic (exact) mass is 382 g/mol. The number of benzene rings is 2. The number of nitrogens with zero attached hydrogens (tertiary/aromatic N) is 1. The fourth-order valence-corrected chi connectivity index (χ4v) is 3.63. The Morgan fingerprint density at radius 1 is 1.14 bits per heavy atom. The van der Waals surface area contributed by atoms with Crippen molar-refractivity contribution in [3.63, 3.8) is 0 Å². The zero-order chi connectivity index (χ0) is 20.3. The van der Waals surface area contributed by atoms with Gasteiger partial charge in [0.1, 0.15) is 17.5 Å². The van der Waals surface area contributed by atoms with Crippen LogP contribution in [0.15, 0.2) is 36.4 Å². The molecule has 1 atom stereocenters. The molecule has 0 bridgehead atoms. The fourth-order valence-electron chi connectivity index (χ4n) is 3.63. The molecule has 148 valence electrons. The summed E-state index contributed by atoms with van der Waals surface area (Å²) in [7, 11) is 1.62. The SMILES string of the molecule is COc1ccc(OCCCN2C(=O)[C@@H](NC(C)=O)c3cc(C)cc(C)c32)cc1. The van der Waals surface area contributed by atoms with Gasteiger partial charge in [-0.1, -0.05) is 17.7 Å². The molecule has 6 heteroatoms. The molecule has 0 fully saturated rings. The predicted octanol–water partition coefficient (Wildman–Crippen LogP) is 3.30. The van der Waals surface area contributed by atoms with Gasteiger partial charge in [-0.15, -0.1) is 0 Å². The number of amides is 2. The molecule has 1 aliphatic rings. The summed E-state index contributed by atoms with van der Waals surface area (Å²) in [6.07, 6.45) is 0.678. The van der Waals surface area contributed by atoms with E-state index in [1.165, 1.54) is 6.92 Å². The predicted molar refractivity (Wildman–Crippen MR) is 108 cm³/mol. The molecular weight excluding hydrogens is 356 g/mol. The zero-order valence-corrected chi connectivity index (χ0v) is 16.7. The summed E-state index contributed by atoms with van der Waals surface area (Å²) in [4.78, 5) is 26.3. The molecule has 0 saturated carbocycles. The van der Waals surface area contributed by atoms with Gasteiger partial charge in [-0.2, -0.15) is 0 Å². The van der Waals surface area contributed by atoms with Crippen LogP contribution in [0.1, 0.15) is 36.1 Å². The second-order valence-corrected chi connectivity index (χ2v) is 7.02. The summed E-state index contributed by atoms with van der Waals surface area (Å²) in [5.74, 6) is 1.23. The Morgan fingerprint density at radius 2 is 1.82 bits per heavy atom. The van der Waals surface area contributed by atoms with Gasteiger partial charge in [0.25, 0.3) is 5.91 Å². The molecular formula is C22H26N2O4. The second-order valence-electron chi connectivity index (χ2n) is 7.02. The minimum atomic E-state index is -0.617. The van der Waals surface area contributed by atoms with Crippen LogP contribution >= 0.6 is 0 Å². The van der Waals surface area contributed by atoms with E-state index in [9.17, 15) is 9.59 Å². The van der Waals surface area contributed by atoms with Crippen molar-refractivity contribution in [1.29, 1.82) is 0 Å². The van der Waals surface area contributed by atoms with Gasteiger partial charge in [0, 0.05) is 19.0 Å². The Bertz CT molecular complexity index is 877. The maximum absolute atomic E-state index is 13.0. The Morgan fingerprint density at radius 3 is 2.46 bits per heavy atom. The second kappa shape index (κ2) is 8.33. The highest BCUT2D eigenvalue weighted by molar-refractivity contribution is 6.06. The normalized spacial score (nSPS) is 15.4. The van der Waals surface area contributed by atoms with Crippen LogP contribution in [0, 0.1) is 13.8 Å². The molecule has 1 heterocycles. The van der Waals surface area contributed by atoms with Crippen LogP contribution in [0.5, 0.6) is 11.5 Å². The van der Waals surface area contributed by atoms with Gasteiger partial charge in [-0.05, 0) is 50.1 Å². The average molecular weight is 382 g/mol. The average Bonchev–Trinajstić information content (AvgIpc) is 2.91. The van der Waals surface area contributed by atoms with Crippen LogP contribution in [0.2, 0.25) is 0 Å². The quantitative estimate of drug-likeness (QED) is 0.746. The number of hydrogen-bond donors (Lipinski definition) is 1. The molecule has 2 amide bonds. The number of methoxy groups -OCH3 is 1. The van der Waals surface area contributed by atoms with Crippen LogP contribution in [-0.4, -0.2) is 32.1 Å². The van der Waals surface area contributed by atoms with E-state index in [0.717, 1.165) is 33.9 Å². The highest BCUT2D eigenvalue weighted by atomic mass is 16.5. The van der Waals surface area contributed by atoms with Crippen molar-refractivity contribution in [3.8, 4) is 11.5 Å². The third-order valence-electron chi connectivity index (χ3n) is 4.77. The van der Waals surface area contributed by atoms with Crippen molar-refractivity contribution in [2.75, 3.05) is 25.2 Å². The third kappa shape index (κ3) is 4.11. The van der Waals surface area contributed by atoms with Crippen molar-refractivity contribution >= 4 is 17.5 Å². The zero-order valence-electron chi connectivity index (χ0n) is 16.7. The fraction of sp³-hybridized carbons (Fsp3) is 0.364. The number of ether oxygens (including phenoxy) is 2. The lowest BCUT2D eigenvalue weighted by atomic mass is 10.0. The highest BCUT2D eigenvalue weighted by Crippen LogP contribution is 2.39. The lowest BCUT2D eigenvalue weighted by Crippen LogP contribution is -2.37. The molecule has 0 spiro atoms. The third-order valence-corrected chi connectivity index (χ3v) is 4.77. The molecule has 0 unspecified atom stereocenters. The number of nitrogens with one attached hydrogen (secondary N) is 1. The first-order valence-corrected chi connectivity index (χ1v) is 9.37. The molecule has 2 aromatic rings. The van der Waals surface area contributed by atoms with Gasteiger partial charge < -0.3 is 19.7 Å². The van der Waals surface area contributed by atoms with Crippen molar-refractivity contribution in [1.82, 2.24) is 5.32 Å². The van der Waals surface area contributed by atoms with Gasteiger partial charge in [0.2, 0.25) is 5.91 Å². The molecule has 0 saturated heterocycles. The molecule has 0 aliphatic carbocycles. The van der Waals surface area contributed by atoms with Crippen molar-refractivity contribution in [2.45, 2.75) is 33.2 Å². The molecule has 1 aliphatic heterocycles. The van der Waals surface area contributed by atoms with Crippen LogP contribution in [0.25, 0.3) is 0 Å². The van der Waals surface area contributed by atoms with E-state index in [1.54, 1.807) is 12.0 Å². The van der Waals surface area contributed by atoms with E-state index in [-0.39, 0.29) is 11.8 Å². The summed E-state index contributed by atoms with van der Waals surface area (Å²) in [6.45, 7) is 6.44. The number of rotatable bonds is 7. The molecule has 1 N–H and O–H groups in total. The minimum Gasteiger partial charge on any atom is -0.497 e. The number of anilines is 1. The number of hydrogen-bond acceptors (Lipinski definition) is 4. The van der Waals surface area contributed by atoms with Crippen LogP contribution in [-0.2, 0) is 9.59 Å². The maximum atomic E-state index is 13.0.